The summed E-state index contributed by atoms with van der Waals surface area (Å²) >= 11 is 0. The van der Waals surface area contributed by atoms with Gasteiger partial charge in [0.1, 0.15) is 0 Å². The van der Waals surface area contributed by atoms with Crippen LogP contribution in [0.5, 0.6) is 0 Å². The summed E-state index contributed by atoms with van der Waals surface area (Å²) in [7, 11) is 0. The van der Waals surface area contributed by atoms with Gasteiger partial charge >= 0.3 is 6.16 Å². The van der Waals surface area contributed by atoms with E-state index in [0.29, 0.717) is 13.2 Å². The average molecular weight is 194 g/mol. The highest BCUT2D eigenvalue weighted by molar-refractivity contribution is 5.59. The highest BCUT2D eigenvalue weighted by Gasteiger charge is 2.00. The second kappa shape index (κ2) is 6.02. The Hall–Kier alpha value is -1.51. The van der Waals surface area contributed by atoms with Crippen molar-refractivity contribution < 1.29 is 14.3 Å². The Balaban J connectivity index is 2.19. The minimum absolute atomic E-state index is 0.351. The molecule has 14 heavy (non-hydrogen) atoms. The zero-order valence-electron chi connectivity index (χ0n) is 8.23. The zero-order valence-corrected chi connectivity index (χ0v) is 8.23. The van der Waals surface area contributed by atoms with Crippen LogP contribution in [0, 0.1) is 0 Å². The summed E-state index contributed by atoms with van der Waals surface area (Å²) in [5, 5.41) is 0. The van der Waals surface area contributed by atoms with E-state index in [4.69, 9.17) is 4.74 Å². The van der Waals surface area contributed by atoms with Gasteiger partial charge in [0.2, 0.25) is 0 Å². The molecule has 0 aliphatic carbocycles. The van der Waals surface area contributed by atoms with Gasteiger partial charge in [-0.1, -0.05) is 30.3 Å². The summed E-state index contributed by atoms with van der Waals surface area (Å²) in [4.78, 5) is 10.8. The molecule has 0 saturated heterocycles. The third kappa shape index (κ3) is 3.94. The molecule has 1 aromatic carbocycles. The van der Waals surface area contributed by atoms with Gasteiger partial charge in [-0.2, -0.15) is 0 Å². The second-order valence-corrected chi connectivity index (χ2v) is 2.77. The fourth-order valence-electron chi connectivity index (χ4n) is 1.06. The van der Waals surface area contributed by atoms with E-state index in [-0.39, 0.29) is 0 Å². The number of carbonyl (C=O) groups excluding carboxylic acids is 1. The highest BCUT2D eigenvalue weighted by Crippen LogP contribution is 1.99. The summed E-state index contributed by atoms with van der Waals surface area (Å²) in [5.41, 5.74) is 1.15. The third-order valence-electron chi connectivity index (χ3n) is 1.72. The van der Waals surface area contributed by atoms with Gasteiger partial charge in [-0.3, -0.25) is 0 Å². The van der Waals surface area contributed by atoms with Gasteiger partial charge in [-0.15, -0.1) is 0 Å². The van der Waals surface area contributed by atoms with Crippen molar-refractivity contribution in [2.75, 3.05) is 13.2 Å². The van der Waals surface area contributed by atoms with Crippen molar-refractivity contribution in [1.82, 2.24) is 0 Å². The number of carbonyl (C=O) groups is 1. The van der Waals surface area contributed by atoms with E-state index in [1.165, 1.54) is 0 Å². The standard InChI is InChI=1S/C11H14O3/c1-2-13-11(12)14-9-8-10-6-4-3-5-7-10/h3-7H,2,8-9H2,1H3. The zero-order chi connectivity index (χ0) is 10.2. The molecule has 3 heteroatoms. The Kier molecular flexibility index (Phi) is 4.55. The monoisotopic (exact) mass is 194 g/mol. The van der Waals surface area contributed by atoms with Crippen LogP contribution >= 0.6 is 0 Å². The molecular formula is C11H14O3. The van der Waals surface area contributed by atoms with Crippen LogP contribution in [0.2, 0.25) is 0 Å². The van der Waals surface area contributed by atoms with Crippen LogP contribution in [0.3, 0.4) is 0 Å². The molecule has 0 amide bonds. The molecule has 0 aliphatic rings. The average Bonchev–Trinajstić information content (AvgIpc) is 2.20. The third-order valence-corrected chi connectivity index (χ3v) is 1.72. The first-order chi connectivity index (χ1) is 6.83. The maximum Gasteiger partial charge on any atom is 0.508 e. The van der Waals surface area contributed by atoms with E-state index in [2.05, 4.69) is 4.74 Å². The summed E-state index contributed by atoms with van der Waals surface area (Å²) in [5.74, 6) is 0. The molecule has 0 aliphatic heterocycles. The molecule has 0 bridgehead atoms. The van der Waals surface area contributed by atoms with E-state index in [0.717, 1.165) is 12.0 Å². The highest BCUT2D eigenvalue weighted by atomic mass is 16.7. The Morgan fingerprint density at radius 2 is 1.93 bits per heavy atom. The second-order valence-electron chi connectivity index (χ2n) is 2.77. The van der Waals surface area contributed by atoms with Gasteiger partial charge in [0, 0.05) is 6.42 Å². The largest absolute Gasteiger partial charge is 0.508 e. The quantitative estimate of drug-likeness (QED) is 0.690. The van der Waals surface area contributed by atoms with Gasteiger partial charge in [0.15, 0.2) is 0 Å². The Morgan fingerprint density at radius 3 is 2.57 bits per heavy atom. The molecule has 0 radical (unpaired) electrons. The van der Waals surface area contributed by atoms with Crippen LogP contribution in [0.15, 0.2) is 30.3 Å². The minimum atomic E-state index is -0.594. The van der Waals surface area contributed by atoms with Crippen molar-refractivity contribution >= 4 is 6.16 Å². The van der Waals surface area contributed by atoms with E-state index >= 15 is 0 Å². The number of hydrogen-bond donors (Lipinski definition) is 0. The van der Waals surface area contributed by atoms with E-state index in [1.54, 1.807) is 6.92 Å². The molecule has 0 heterocycles. The van der Waals surface area contributed by atoms with Crippen LogP contribution in [0.1, 0.15) is 12.5 Å². The first-order valence-corrected chi connectivity index (χ1v) is 4.66. The van der Waals surface area contributed by atoms with E-state index in [1.807, 2.05) is 30.3 Å². The van der Waals surface area contributed by atoms with Gasteiger partial charge in [0.25, 0.3) is 0 Å². The lowest BCUT2D eigenvalue weighted by Crippen LogP contribution is -2.09. The van der Waals surface area contributed by atoms with Crippen LogP contribution in [0.4, 0.5) is 4.79 Å². The van der Waals surface area contributed by atoms with Crippen molar-refractivity contribution in [1.29, 1.82) is 0 Å². The summed E-state index contributed by atoms with van der Waals surface area (Å²) < 4.78 is 9.44. The van der Waals surface area contributed by atoms with Crippen molar-refractivity contribution in [2.45, 2.75) is 13.3 Å². The molecule has 0 unspecified atom stereocenters. The SMILES string of the molecule is CCOC(=O)OCCc1ccccc1. The Bertz CT molecular complexity index is 269. The Morgan fingerprint density at radius 1 is 1.21 bits per heavy atom. The van der Waals surface area contributed by atoms with Crippen molar-refractivity contribution in [3.05, 3.63) is 35.9 Å². The molecular weight excluding hydrogens is 180 g/mol. The summed E-state index contributed by atoms with van der Waals surface area (Å²) in [6.45, 7) is 2.46. The predicted octanol–water partition coefficient (Wildman–Crippen LogP) is 2.40. The number of ether oxygens (including phenoxy) is 2. The van der Waals surface area contributed by atoms with Gasteiger partial charge < -0.3 is 9.47 Å². The fourth-order valence-corrected chi connectivity index (χ4v) is 1.06. The maximum absolute atomic E-state index is 10.8. The molecule has 0 atom stereocenters. The normalized spacial score (nSPS) is 9.50. The lowest BCUT2D eigenvalue weighted by atomic mass is 10.2. The lowest BCUT2D eigenvalue weighted by molar-refractivity contribution is 0.0599. The fraction of sp³-hybridized carbons (Fsp3) is 0.364. The van der Waals surface area contributed by atoms with Crippen molar-refractivity contribution in [3.8, 4) is 0 Å². The summed E-state index contributed by atoms with van der Waals surface area (Å²) in [6, 6.07) is 9.86. The smallest absolute Gasteiger partial charge is 0.435 e. The molecule has 0 saturated carbocycles. The van der Waals surface area contributed by atoms with Gasteiger partial charge in [0.05, 0.1) is 13.2 Å². The first kappa shape index (κ1) is 10.6. The number of hydrogen-bond acceptors (Lipinski definition) is 3. The molecule has 0 aromatic heterocycles. The molecule has 1 rings (SSSR count). The van der Waals surface area contributed by atoms with E-state index in [9.17, 15) is 4.79 Å². The first-order valence-electron chi connectivity index (χ1n) is 4.66. The molecule has 0 N–H and O–H groups in total. The summed E-state index contributed by atoms with van der Waals surface area (Å²) in [6.07, 6.45) is 0.128. The van der Waals surface area contributed by atoms with Crippen LogP contribution in [-0.2, 0) is 15.9 Å². The molecule has 0 fully saturated rings. The van der Waals surface area contributed by atoms with E-state index < -0.39 is 6.16 Å². The predicted molar refractivity (Wildman–Crippen MR) is 53.1 cm³/mol. The van der Waals surface area contributed by atoms with Crippen molar-refractivity contribution in [3.63, 3.8) is 0 Å². The number of benzene rings is 1. The molecule has 1 aromatic rings. The number of rotatable bonds is 4. The van der Waals surface area contributed by atoms with Gasteiger partial charge in [-0.25, -0.2) is 4.79 Å². The lowest BCUT2D eigenvalue weighted by Gasteiger charge is -2.03. The maximum atomic E-state index is 10.8. The van der Waals surface area contributed by atoms with Crippen molar-refractivity contribution in [2.24, 2.45) is 0 Å². The Labute approximate surface area is 83.6 Å². The van der Waals surface area contributed by atoms with Crippen LogP contribution in [-0.4, -0.2) is 19.4 Å². The van der Waals surface area contributed by atoms with Gasteiger partial charge in [-0.05, 0) is 12.5 Å². The molecule has 0 spiro atoms. The molecule has 76 valence electrons. The topological polar surface area (TPSA) is 35.5 Å². The molecule has 3 nitrogen and oxygen atoms in total. The van der Waals surface area contributed by atoms with Crippen LogP contribution in [0.25, 0.3) is 0 Å². The minimum Gasteiger partial charge on any atom is -0.435 e. The van der Waals surface area contributed by atoms with Crippen LogP contribution < -0.4 is 0 Å².